The first-order chi connectivity index (χ1) is 48.8. The minimum Gasteiger partial charge on any atom is -0.477 e. The van der Waals surface area contributed by atoms with Crippen LogP contribution in [0.3, 0.4) is 0 Å². The maximum absolute atomic E-state index is 13.3. The number of fused-ring (bicyclic) bond motifs is 5. The van der Waals surface area contributed by atoms with Crippen LogP contribution in [-0.2, 0) is 34.4 Å². The highest BCUT2D eigenvalue weighted by Gasteiger charge is 2.21. The van der Waals surface area contributed by atoms with Gasteiger partial charge in [0.15, 0.2) is 74.5 Å². The number of carboxylic acid groups (broad SMARTS) is 1. The lowest BCUT2D eigenvalue weighted by molar-refractivity contribution is 0.0592. The third kappa shape index (κ3) is 17.2. The van der Waals surface area contributed by atoms with Crippen molar-refractivity contribution in [3.05, 3.63) is 293 Å². The molecule has 0 saturated carbocycles. The van der Waals surface area contributed by atoms with Crippen LogP contribution in [0.5, 0.6) is 0 Å². The lowest BCUT2D eigenvalue weighted by Gasteiger charge is -2.11. The van der Waals surface area contributed by atoms with E-state index in [1.165, 1.54) is 105 Å². The van der Waals surface area contributed by atoms with Gasteiger partial charge in [0, 0.05) is 98.9 Å². The fourth-order valence-electron chi connectivity index (χ4n) is 8.88. The first-order valence-electron chi connectivity index (χ1n) is 29.0. The zero-order valence-electron chi connectivity index (χ0n) is 51.7. The Bertz CT molecular complexity index is 5830. The van der Waals surface area contributed by atoms with Crippen molar-refractivity contribution in [2.75, 3.05) is 11.8 Å². The van der Waals surface area contributed by atoms with Crippen molar-refractivity contribution >= 4 is 85.3 Å². The van der Waals surface area contributed by atoms with Crippen LogP contribution in [0, 0.1) is 34.9 Å². The molecular formula is C63H46ClF6N19O12S. The number of carbonyl (C=O) groups excluding carboxylic acids is 4. The average Bonchev–Trinajstić information content (AvgIpc) is 1.47. The molecule has 0 radical (unpaired) electrons. The van der Waals surface area contributed by atoms with E-state index in [-0.39, 0.29) is 75.2 Å². The first kappa shape index (κ1) is 71.1. The van der Waals surface area contributed by atoms with Crippen LogP contribution in [0.1, 0.15) is 69.1 Å². The Balaban J connectivity index is 0.000000142. The Morgan fingerprint density at radius 2 is 0.853 bits per heavy atom. The third-order valence-corrected chi connectivity index (χ3v) is 15.4. The molecule has 0 aliphatic carbocycles. The molecule has 520 valence electrons. The Kier molecular flexibility index (Phi) is 21.8. The van der Waals surface area contributed by atoms with E-state index < -0.39 is 85.7 Å². The predicted molar refractivity (Wildman–Crippen MR) is 347 cm³/mol. The number of rotatable bonds is 14. The van der Waals surface area contributed by atoms with Crippen LogP contribution in [-0.4, -0.2) is 123 Å². The second-order valence-corrected chi connectivity index (χ2v) is 22.7. The largest absolute Gasteiger partial charge is 0.477 e. The monoisotopic (exact) mass is 1440 g/mol. The molecule has 3 amide bonds. The van der Waals surface area contributed by atoms with E-state index in [1.807, 2.05) is 0 Å². The first-order valence-corrected chi connectivity index (χ1v) is 30.8. The van der Waals surface area contributed by atoms with E-state index in [0.717, 1.165) is 59.1 Å². The van der Waals surface area contributed by atoms with Gasteiger partial charge in [0.1, 0.15) is 28.1 Å². The number of carboxylic acids is 1. The Labute approximate surface area is 569 Å². The summed E-state index contributed by atoms with van der Waals surface area (Å²) >= 11 is 5.99. The number of aromatic carboxylic acids is 1. The third-order valence-electron chi connectivity index (χ3n) is 13.7. The summed E-state index contributed by atoms with van der Waals surface area (Å²) in [7, 11) is -2.70. The van der Waals surface area contributed by atoms with Crippen molar-refractivity contribution in [1.82, 2.24) is 88.9 Å². The number of nitrogens with zero attached hydrogens (tertiary/aromatic N) is 12. The number of aromatic nitrogens is 15. The molecule has 39 heteroatoms. The molecule has 14 rings (SSSR count). The summed E-state index contributed by atoms with van der Waals surface area (Å²) in [6.45, 7) is -0.0444. The SMILES string of the molecule is COC(=O)c1cc(=O)n2[nH]ccc2n1.O=C(NCc1ccc(F)c(F)c1)c1cc(=O)n2[nH]ccc2n1.O=C(NCc1ccc(F)c(F)c1)c1cc(Cl)n2nccc2n1.O=C(NCc1ccc(F)c(F)c1)c1cc(NS(=O)(=O)c2ccccc2)n2nccc2n1.O=C(O)c1cc(=O)n2[nH]ccc2n1. The van der Waals surface area contributed by atoms with Crippen molar-refractivity contribution in [1.29, 1.82) is 0 Å². The minimum absolute atomic E-state index is 0.00970. The highest BCUT2D eigenvalue weighted by molar-refractivity contribution is 7.92. The Morgan fingerprint density at radius 3 is 1.29 bits per heavy atom. The van der Waals surface area contributed by atoms with E-state index in [9.17, 15) is 73.1 Å². The Hall–Kier alpha value is -13.7. The van der Waals surface area contributed by atoms with Crippen LogP contribution < -0.4 is 37.4 Å². The van der Waals surface area contributed by atoms with Crippen LogP contribution in [0.15, 0.2) is 196 Å². The van der Waals surface area contributed by atoms with Gasteiger partial charge < -0.3 is 25.8 Å². The zero-order chi connectivity index (χ0) is 72.9. The number of hydrogen-bond acceptors (Lipinski definition) is 18. The number of H-pyrrole nitrogens is 3. The molecule has 0 fully saturated rings. The van der Waals surface area contributed by atoms with Gasteiger partial charge >= 0.3 is 11.9 Å². The summed E-state index contributed by atoms with van der Waals surface area (Å²) in [6, 6.07) is 31.3. The maximum Gasteiger partial charge on any atom is 0.356 e. The molecule has 31 nitrogen and oxygen atoms in total. The van der Waals surface area contributed by atoms with Crippen molar-refractivity contribution in [3.63, 3.8) is 0 Å². The van der Waals surface area contributed by atoms with Crippen molar-refractivity contribution in [2.45, 2.75) is 24.5 Å². The number of esters is 1. The molecular weight excluding hydrogens is 1400 g/mol. The number of aromatic amines is 3. The number of hydrogen-bond donors (Lipinski definition) is 8. The van der Waals surface area contributed by atoms with Gasteiger partial charge in [-0.05, 0) is 65.2 Å². The van der Waals surface area contributed by atoms with E-state index in [0.29, 0.717) is 39.3 Å². The van der Waals surface area contributed by atoms with E-state index in [4.69, 9.17) is 16.7 Å². The van der Waals surface area contributed by atoms with Gasteiger partial charge in [-0.1, -0.05) is 48.0 Å². The van der Waals surface area contributed by atoms with Crippen LogP contribution in [0.4, 0.5) is 32.2 Å². The summed E-state index contributed by atoms with van der Waals surface area (Å²) in [4.78, 5) is 112. The molecule has 0 atom stereocenters. The standard InChI is InChI=1S/C20H15F2N5O3S.C14H9ClF2N4O.C14H10F2N4O2.C8H7N3O3.C7H5N3O3/c21-15-7-6-13(10-16(15)22)12-23-20(28)17-11-19(27-18(25-17)8-9-24-27)26-31(29,30)14-4-2-1-3-5-14;15-12-6-11(20-13-3-4-19-21(12)13)14(22)18-7-8-1-2-9(16)10(17)5-8;15-9-2-1-8(5-10(9)16)7-17-14(22)11-6-13(21)20-12(19-11)3-4-18-20;1-14-8(13)5-4-7(12)11-6(10-5)2-3-9-11;11-6-3-4(7(12)13)9-5-1-2-8-10(5)6/h1-11,26H,12H2,(H,23,28);1-6H,7H2,(H,18,22);1-6,18H,7H2,(H,17,22);2-4,9H,1H3;1-3,8H,(H,12,13). The summed E-state index contributed by atoms with van der Waals surface area (Å²) < 4.78 is 117. The summed E-state index contributed by atoms with van der Waals surface area (Å²) in [5.74, 6) is -9.36. The highest BCUT2D eigenvalue weighted by atomic mass is 35.5. The van der Waals surface area contributed by atoms with Crippen molar-refractivity contribution in [3.8, 4) is 0 Å². The van der Waals surface area contributed by atoms with Gasteiger partial charge in [-0.3, -0.25) is 48.8 Å². The van der Waals surface area contributed by atoms with Gasteiger partial charge in [0.05, 0.1) is 24.4 Å². The van der Waals surface area contributed by atoms with Crippen LogP contribution in [0.2, 0.25) is 5.15 Å². The molecule has 14 aromatic rings. The molecule has 0 spiro atoms. The van der Waals surface area contributed by atoms with E-state index in [2.05, 4.69) is 75.8 Å². The van der Waals surface area contributed by atoms with Crippen LogP contribution >= 0.6 is 11.6 Å². The van der Waals surface area contributed by atoms with Gasteiger partial charge in [-0.15, -0.1) is 0 Å². The summed E-state index contributed by atoms with van der Waals surface area (Å²) in [6.07, 6.45) is 7.51. The average molecular weight is 1440 g/mol. The number of anilines is 1. The Morgan fingerprint density at radius 1 is 0.471 bits per heavy atom. The quantitative estimate of drug-likeness (QED) is 0.0347. The minimum atomic E-state index is -3.94. The maximum atomic E-state index is 13.3. The van der Waals surface area contributed by atoms with E-state index >= 15 is 0 Å². The number of ether oxygens (including phenoxy) is 1. The van der Waals surface area contributed by atoms with Crippen LogP contribution in [0.25, 0.3) is 28.2 Å². The fourth-order valence-corrected chi connectivity index (χ4v) is 10.2. The van der Waals surface area contributed by atoms with Gasteiger partial charge in [0.25, 0.3) is 44.4 Å². The predicted octanol–water partition coefficient (Wildman–Crippen LogP) is 6.09. The zero-order valence-corrected chi connectivity index (χ0v) is 53.3. The van der Waals surface area contributed by atoms with Gasteiger partial charge in [-0.25, -0.2) is 87.3 Å². The molecule has 4 aromatic carbocycles. The number of sulfonamides is 1. The molecule has 0 saturated heterocycles. The number of carbonyl (C=O) groups is 5. The molecule has 8 N–H and O–H groups in total. The van der Waals surface area contributed by atoms with Gasteiger partial charge in [-0.2, -0.15) is 14.7 Å². The molecule has 10 aromatic heterocycles. The van der Waals surface area contributed by atoms with Gasteiger partial charge in [0.2, 0.25) is 0 Å². The number of halogens is 7. The number of methoxy groups -OCH3 is 1. The van der Waals surface area contributed by atoms with Crippen molar-refractivity contribution < 1.29 is 68.6 Å². The normalized spacial score (nSPS) is 10.9. The number of nitrogens with one attached hydrogen (secondary N) is 7. The molecule has 102 heavy (non-hydrogen) atoms. The molecule has 0 bridgehead atoms. The number of amides is 3. The molecule has 10 heterocycles. The second kappa shape index (κ2) is 31.3. The smallest absolute Gasteiger partial charge is 0.356 e. The number of benzene rings is 4. The van der Waals surface area contributed by atoms with Crippen molar-refractivity contribution in [2.24, 2.45) is 0 Å². The lowest BCUT2D eigenvalue weighted by atomic mass is 10.2. The topological polar surface area (TPSA) is 408 Å². The molecule has 0 aliphatic rings. The summed E-state index contributed by atoms with van der Waals surface area (Å²) in [5, 5.41) is 32.3. The summed E-state index contributed by atoms with van der Waals surface area (Å²) in [5.41, 5.74) is 1.39. The van der Waals surface area contributed by atoms with E-state index in [1.54, 1.807) is 42.6 Å². The molecule has 0 unspecified atom stereocenters. The molecule has 0 aliphatic heterocycles. The lowest BCUT2D eigenvalue weighted by Crippen LogP contribution is -2.27. The fraction of sp³-hybridized carbons (Fsp3) is 0.0635. The highest BCUT2D eigenvalue weighted by Crippen LogP contribution is 2.20. The second-order valence-electron chi connectivity index (χ2n) is 20.6.